The van der Waals surface area contributed by atoms with Gasteiger partial charge in [-0.25, -0.2) is 28.8 Å². The van der Waals surface area contributed by atoms with Crippen molar-refractivity contribution in [2.45, 2.75) is 297 Å². The first-order valence-electron chi connectivity index (χ1n) is 45.4. The van der Waals surface area contributed by atoms with E-state index in [0.717, 1.165) is 175 Å². The van der Waals surface area contributed by atoms with Gasteiger partial charge in [-0.15, -0.1) is 0 Å². The Balaban J connectivity index is 0.000000186. The van der Waals surface area contributed by atoms with Gasteiger partial charge in [0.15, 0.2) is 32.5 Å². The molecule has 24 atom stereocenters. The van der Waals surface area contributed by atoms with Gasteiger partial charge < -0.3 is 88.6 Å². The number of aliphatic carboxylic acids is 4. The number of carboxylic acids is 4. The maximum absolute atomic E-state index is 12.2. The highest BCUT2D eigenvalue weighted by Crippen LogP contribution is 2.53. The van der Waals surface area contributed by atoms with E-state index in [2.05, 4.69) is 24.3 Å². The minimum atomic E-state index is -1.13. The molecule has 8 aliphatic carbocycles. The molecule has 0 radical (unpaired) electrons. The summed E-state index contributed by atoms with van der Waals surface area (Å²) in [4.78, 5) is 91.6. The van der Waals surface area contributed by atoms with Gasteiger partial charge in [0.1, 0.15) is 53.5 Å². The molecule has 123 heavy (non-hydrogen) atoms. The number of ether oxygens (including phenoxy) is 9. The second-order valence-electron chi connectivity index (χ2n) is 35.9. The third-order valence-electron chi connectivity index (χ3n) is 28.1. The molecule has 0 unspecified atom stereocenters. The van der Waals surface area contributed by atoms with E-state index in [1.807, 2.05) is 104 Å². The van der Waals surface area contributed by atoms with Crippen LogP contribution in [-0.2, 0) is 113 Å². The van der Waals surface area contributed by atoms with E-state index in [9.17, 15) is 63.9 Å². The fourth-order valence-electron chi connectivity index (χ4n) is 20.7. The Kier molecular flexibility index (Phi) is 37.8. The zero-order chi connectivity index (χ0) is 89.5. The SMILES string of the molecule is CC[C@@H](CC[C@@H]1[C@H]2Cc3cccc(OCC(=O)O)c3C[C@H]2C[C@H]1O)OC(=O)[C@@H](C)CC.CC[C@@H](CC[C@@H]1[C@H]2Cc3cccc(OCC(=O)O)c3C[C@H]2C[C@H]1O)OC(=O)[C@H](C)CC.CC[C@@H](CC[C@@H]1[C@H]2Cc3cccc(OCC(=O)O)c3C[C@H]2C[C@H]1O)OC(=O)[C@H](C)O.CC[C@@H](CC[C@@H]1[C@H]2Cc3cccc(OCC(=O)O)c3C[C@H]2C[C@H]1O)OC(=O)[C@H](C)OC. The van der Waals surface area contributed by atoms with Crippen molar-refractivity contribution in [1.29, 1.82) is 0 Å². The second-order valence-corrected chi connectivity index (χ2v) is 35.9. The number of carbonyl (C=O) groups excluding carboxylic acids is 4. The second kappa shape index (κ2) is 47.2. The molecular formula is C97H138O26. The number of benzene rings is 4. The molecule has 0 heterocycles. The van der Waals surface area contributed by atoms with Crippen LogP contribution in [0.15, 0.2) is 72.8 Å². The Morgan fingerprint density at radius 2 is 0.577 bits per heavy atom. The Bertz CT molecular complexity index is 3810. The first-order chi connectivity index (χ1) is 58.8. The number of aliphatic hydroxyl groups is 5. The molecule has 0 saturated heterocycles. The van der Waals surface area contributed by atoms with E-state index in [1.165, 1.54) is 30.7 Å². The summed E-state index contributed by atoms with van der Waals surface area (Å²) >= 11 is 0. The number of hydrogen-bond acceptors (Lipinski definition) is 22. The van der Waals surface area contributed by atoms with E-state index in [-0.39, 0.29) is 123 Å². The highest BCUT2D eigenvalue weighted by molar-refractivity contribution is 5.75. The molecule has 0 aliphatic heterocycles. The maximum atomic E-state index is 12.2. The lowest BCUT2D eigenvalue weighted by molar-refractivity contribution is -0.161. The van der Waals surface area contributed by atoms with Gasteiger partial charge in [0.2, 0.25) is 0 Å². The van der Waals surface area contributed by atoms with Gasteiger partial charge >= 0.3 is 47.8 Å². The smallest absolute Gasteiger partial charge is 0.341 e. The fourth-order valence-corrected chi connectivity index (χ4v) is 20.7. The first kappa shape index (κ1) is 98.4. The standard InChI is InChI=1S/2C25H36O6.C24H34O7.C23H32O7/c2*1-4-15(3)25(29)31-18(5-2)9-10-19-20-11-16-7-6-8-23(30-14-24(27)28)21(16)12-17(20)13-22(19)26;1-4-17(31-24(28)14(2)29-3)8-9-18-19-10-15-6-5-7-22(30-13-23(26)27)20(15)11-16(19)12-21(18)25;1-3-16(30-23(28)13(2)24)7-8-17-18-9-14-5-4-6-21(29-12-22(26)27)19(14)10-15(18)11-20(17)25/h2*6-8,15,17-20,22,26H,4-5,9-14H2,1-3H3,(H,27,28);5-7,14,16-19,21,25H,4,8-13H2,1-3H3,(H,26,27);4-6,13,15-18,20,24-25H,3,7-12H2,1-2H3,(H,26,27)/t15-,17+,18+,19-,20+,22-;15-,17-,18-,19+,20-,22+;14-,16-,17-,18+,19-,21+;13-,15-,16-,17+,18-,20+/m1000/s1. The minimum Gasteiger partial charge on any atom is -0.482 e. The van der Waals surface area contributed by atoms with Crippen molar-refractivity contribution in [2.75, 3.05) is 33.5 Å². The highest BCUT2D eigenvalue weighted by Gasteiger charge is 2.50. The lowest BCUT2D eigenvalue weighted by Crippen LogP contribution is -2.30. The predicted octanol–water partition coefficient (Wildman–Crippen LogP) is 13.4. The highest BCUT2D eigenvalue weighted by atomic mass is 16.6. The van der Waals surface area contributed by atoms with Crippen molar-refractivity contribution < 1.29 is 127 Å². The van der Waals surface area contributed by atoms with E-state index < -0.39 is 48.2 Å². The first-order valence-corrected chi connectivity index (χ1v) is 45.4. The molecule has 682 valence electrons. The third-order valence-corrected chi connectivity index (χ3v) is 28.1. The van der Waals surface area contributed by atoms with Crippen molar-refractivity contribution in [3.63, 3.8) is 0 Å². The monoisotopic (exact) mass is 1720 g/mol. The van der Waals surface area contributed by atoms with Crippen LogP contribution in [0.5, 0.6) is 23.0 Å². The summed E-state index contributed by atoms with van der Waals surface area (Å²) in [5.41, 5.74) is 9.04. The molecular weight excluding hydrogens is 1580 g/mol. The number of esters is 4. The van der Waals surface area contributed by atoms with Gasteiger partial charge in [0.05, 0.1) is 36.3 Å². The summed E-state index contributed by atoms with van der Waals surface area (Å²) in [6.45, 7) is 17.5. The van der Waals surface area contributed by atoms with Crippen molar-refractivity contribution in [3.8, 4) is 23.0 Å². The topological polar surface area (TPSA) is 402 Å². The summed E-state index contributed by atoms with van der Waals surface area (Å²) in [5.74, 6) is 0.809. The van der Waals surface area contributed by atoms with Gasteiger partial charge in [-0.2, -0.15) is 0 Å². The number of rotatable bonds is 39. The van der Waals surface area contributed by atoms with Gasteiger partial charge in [-0.05, 0) is 321 Å². The molecule has 4 aromatic carbocycles. The van der Waals surface area contributed by atoms with Crippen LogP contribution in [0.3, 0.4) is 0 Å². The van der Waals surface area contributed by atoms with Crippen molar-refractivity contribution in [3.05, 3.63) is 117 Å². The van der Waals surface area contributed by atoms with Crippen LogP contribution in [0.4, 0.5) is 0 Å². The molecule has 4 saturated carbocycles. The average Bonchev–Trinajstić information content (AvgIpc) is 1.57. The Labute approximate surface area is 725 Å². The number of carboxylic acid groups (broad SMARTS) is 4. The van der Waals surface area contributed by atoms with Crippen molar-refractivity contribution in [1.82, 2.24) is 0 Å². The Hall–Kier alpha value is -8.40. The lowest BCUT2D eigenvalue weighted by Gasteiger charge is -2.32. The minimum absolute atomic E-state index is 0.0807. The quantitative estimate of drug-likeness (QED) is 0.0148. The number of hydrogen-bond donors (Lipinski definition) is 9. The zero-order valence-corrected chi connectivity index (χ0v) is 74.0. The molecule has 12 rings (SSSR count). The zero-order valence-electron chi connectivity index (χ0n) is 74.0. The molecule has 0 amide bonds. The maximum Gasteiger partial charge on any atom is 0.341 e. The van der Waals surface area contributed by atoms with Crippen LogP contribution < -0.4 is 18.9 Å². The average molecular weight is 1720 g/mol. The molecule has 0 bridgehead atoms. The Morgan fingerprint density at radius 3 is 0.789 bits per heavy atom. The summed E-state index contributed by atoms with van der Waals surface area (Å²) in [6, 6.07) is 23.2. The summed E-state index contributed by atoms with van der Waals surface area (Å²) in [5, 5.41) is 88.2. The number of fused-ring (bicyclic) bond motifs is 8. The largest absolute Gasteiger partial charge is 0.482 e. The number of methoxy groups -OCH3 is 1. The molecule has 4 aromatic rings. The van der Waals surface area contributed by atoms with Gasteiger partial charge in [0, 0.05) is 7.11 Å². The van der Waals surface area contributed by atoms with Crippen LogP contribution >= 0.6 is 0 Å². The normalized spacial score (nSPS) is 26.6. The van der Waals surface area contributed by atoms with Gasteiger partial charge in [-0.3, -0.25) is 9.59 Å². The molecule has 8 aliphatic rings. The number of carbonyl (C=O) groups is 8. The predicted molar refractivity (Wildman–Crippen MR) is 457 cm³/mol. The van der Waals surface area contributed by atoms with Crippen LogP contribution in [0.2, 0.25) is 0 Å². The van der Waals surface area contributed by atoms with Crippen LogP contribution in [0.25, 0.3) is 0 Å². The number of aliphatic hydroxyl groups excluding tert-OH is 5. The van der Waals surface area contributed by atoms with Crippen molar-refractivity contribution in [2.24, 2.45) is 82.9 Å². The van der Waals surface area contributed by atoms with Gasteiger partial charge in [-0.1, -0.05) is 104 Å². The van der Waals surface area contributed by atoms with Crippen LogP contribution in [0, 0.1) is 82.9 Å². The lowest BCUT2D eigenvalue weighted by atomic mass is 9.73. The fraction of sp³-hybridized carbons (Fsp3) is 0.670. The molecule has 26 nitrogen and oxygen atoms in total. The van der Waals surface area contributed by atoms with Crippen LogP contribution in [0.1, 0.15) is 229 Å². The van der Waals surface area contributed by atoms with Crippen LogP contribution in [-0.4, -0.2) is 188 Å². The molecule has 9 N–H and O–H groups in total. The summed E-state index contributed by atoms with van der Waals surface area (Å²) in [7, 11) is 1.49. The van der Waals surface area contributed by atoms with E-state index in [0.29, 0.717) is 89.6 Å². The Morgan fingerprint density at radius 1 is 0.341 bits per heavy atom. The summed E-state index contributed by atoms with van der Waals surface area (Å²) < 4.78 is 49.5. The molecule has 4 fully saturated rings. The molecule has 0 aromatic heterocycles. The van der Waals surface area contributed by atoms with Gasteiger partial charge in [0.25, 0.3) is 0 Å². The summed E-state index contributed by atoms with van der Waals surface area (Å²) in [6.07, 6.45) is 16.5. The van der Waals surface area contributed by atoms with E-state index in [1.54, 1.807) is 6.92 Å². The molecule has 26 heteroatoms. The van der Waals surface area contributed by atoms with Crippen molar-refractivity contribution >= 4 is 47.8 Å². The van der Waals surface area contributed by atoms with E-state index in [4.69, 9.17) is 63.1 Å². The third kappa shape index (κ3) is 26.8. The molecule has 0 spiro atoms. The van der Waals surface area contributed by atoms with E-state index >= 15 is 0 Å².